The number of hydrogen-bond donors (Lipinski definition) is 1. The van der Waals surface area contributed by atoms with Gasteiger partial charge in [0.05, 0.1) is 30.6 Å². The maximum Gasteiger partial charge on any atom is 0.338 e. The number of nitrogens with two attached hydrogens (primary N) is 1. The first-order valence-electron chi connectivity index (χ1n) is 8.38. The van der Waals surface area contributed by atoms with Gasteiger partial charge in [-0.25, -0.2) is 4.79 Å². The number of carbonyl (C=O) groups is 1. The summed E-state index contributed by atoms with van der Waals surface area (Å²) in [5.74, 6) is 0.930. The van der Waals surface area contributed by atoms with Crippen molar-refractivity contribution in [1.29, 1.82) is 0 Å². The van der Waals surface area contributed by atoms with Gasteiger partial charge in [0.15, 0.2) is 0 Å². The molecule has 0 aliphatic carbocycles. The Morgan fingerprint density at radius 3 is 2.40 bits per heavy atom. The lowest BCUT2D eigenvalue weighted by Crippen LogP contribution is -2.12. The van der Waals surface area contributed by atoms with Crippen molar-refractivity contribution in [2.45, 2.75) is 33.3 Å². The molecule has 2 aromatic rings. The van der Waals surface area contributed by atoms with Crippen molar-refractivity contribution >= 4 is 11.7 Å². The quantitative estimate of drug-likeness (QED) is 0.446. The Morgan fingerprint density at radius 2 is 1.72 bits per heavy atom. The molecule has 2 rings (SSSR count). The number of carbonyl (C=O) groups excluding carboxylic acids is 1. The van der Waals surface area contributed by atoms with Gasteiger partial charge < -0.3 is 19.9 Å². The molecule has 0 saturated heterocycles. The van der Waals surface area contributed by atoms with Crippen molar-refractivity contribution in [2.24, 2.45) is 0 Å². The van der Waals surface area contributed by atoms with Crippen LogP contribution in [-0.2, 0) is 4.74 Å². The van der Waals surface area contributed by atoms with Crippen LogP contribution in [0.2, 0.25) is 0 Å². The van der Waals surface area contributed by atoms with Gasteiger partial charge in [-0.1, -0.05) is 17.7 Å². The van der Waals surface area contributed by atoms with Crippen molar-refractivity contribution < 1.29 is 19.0 Å². The number of anilines is 1. The van der Waals surface area contributed by atoms with Crippen LogP contribution in [0.4, 0.5) is 5.69 Å². The number of nitrogen functional groups attached to an aromatic ring is 1. The van der Waals surface area contributed by atoms with Gasteiger partial charge in [0.2, 0.25) is 0 Å². The smallest absolute Gasteiger partial charge is 0.338 e. The fraction of sp³-hybridized carbons (Fsp3) is 0.350. The van der Waals surface area contributed by atoms with E-state index in [1.807, 2.05) is 31.2 Å². The predicted octanol–water partition coefficient (Wildman–Crippen LogP) is 3.99. The van der Waals surface area contributed by atoms with Crippen molar-refractivity contribution in [3.8, 4) is 11.5 Å². The zero-order valence-electron chi connectivity index (χ0n) is 15.0. The van der Waals surface area contributed by atoms with Crippen LogP contribution in [0.15, 0.2) is 42.5 Å². The summed E-state index contributed by atoms with van der Waals surface area (Å²) in [6.07, 6.45) is 0.530. The summed E-state index contributed by atoms with van der Waals surface area (Å²) in [5, 5.41) is 0. The normalized spacial score (nSPS) is 10.6. The van der Waals surface area contributed by atoms with E-state index >= 15 is 0 Å². The van der Waals surface area contributed by atoms with Gasteiger partial charge in [0.1, 0.15) is 11.5 Å². The first-order valence-corrected chi connectivity index (χ1v) is 8.38. The van der Waals surface area contributed by atoms with E-state index < -0.39 is 0 Å². The SMILES string of the molecule is Cc1ccc(OCCCOc2cc(C(=O)OC(C)C)ccc2N)cc1. The molecule has 0 aliphatic heterocycles. The van der Waals surface area contributed by atoms with Gasteiger partial charge >= 0.3 is 5.97 Å². The third kappa shape index (κ3) is 6.03. The first-order chi connectivity index (χ1) is 12.0. The van der Waals surface area contributed by atoms with Gasteiger partial charge in [-0.3, -0.25) is 0 Å². The number of rotatable bonds is 8. The van der Waals surface area contributed by atoms with Gasteiger partial charge in [-0.05, 0) is 51.1 Å². The molecule has 0 bridgehead atoms. The Balaban J connectivity index is 1.81. The Kier molecular flexibility index (Phi) is 6.69. The van der Waals surface area contributed by atoms with E-state index in [0.29, 0.717) is 36.6 Å². The third-order valence-electron chi connectivity index (χ3n) is 3.43. The van der Waals surface area contributed by atoms with E-state index in [0.717, 1.165) is 5.75 Å². The highest BCUT2D eigenvalue weighted by molar-refractivity contribution is 5.90. The van der Waals surface area contributed by atoms with E-state index in [9.17, 15) is 4.79 Å². The number of benzene rings is 2. The molecule has 5 heteroatoms. The molecule has 0 aromatic heterocycles. The highest BCUT2D eigenvalue weighted by Gasteiger charge is 2.12. The van der Waals surface area contributed by atoms with Gasteiger partial charge in [0, 0.05) is 6.42 Å². The van der Waals surface area contributed by atoms with Crippen LogP contribution < -0.4 is 15.2 Å². The molecule has 0 unspecified atom stereocenters. The van der Waals surface area contributed by atoms with E-state index in [1.54, 1.807) is 32.0 Å². The molecule has 0 spiro atoms. The van der Waals surface area contributed by atoms with Crippen LogP contribution in [0, 0.1) is 6.92 Å². The summed E-state index contributed by atoms with van der Waals surface area (Å²) in [6, 6.07) is 12.8. The van der Waals surface area contributed by atoms with Crippen LogP contribution in [0.1, 0.15) is 36.2 Å². The van der Waals surface area contributed by atoms with Gasteiger partial charge in [-0.15, -0.1) is 0 Å². The molecule has 0 heterocycles. The minimum Gasteiger partial charge on any atom is -0.493 e. The lowest BCUT2D eigenvalue weighted by Gasteiger charge is -2.12. The van der Waals surface area contributed by atoms with E-state index in [1.165, 1.54) is 5.56 Å². The second-order valence-corrected chi connectivity index (χ2v) is 6.07. The molecule has 2 N–H and O–H groups in total. The molecule has 0 atom stereocenters. The summed E-state index contributed by atoms with van der Waals surface area (Å²) in [6.45, 7) is 6.63. The van der Waals surface area contributed by atoms with Crippen molar-refractivity contribution in [1.82, 2.24) is 0 Å². The Morgan fingerprint density at radius 1 is 1.04 bits per heavy atom. The van der Waals surface area contributed by atoms with E-state index in [-0.39, 0.29) is 12.1 Å². The van der Waals surface area contributed by atoms with Crippen molar-refractivity contribution in [3.63, 3.8) is 0 Å². The molecular weight excluding hydrogens is 318 g/mol. The minimum atomic E-state index is -0.387. The second-order valence-electron chi connectivity index (χ2n) is 6.07. The number of ether oxygens (including phenoxy) is 3. The van der Waals surface area contributed by atoms with Gasteiger partial charge in [-0.2, -0.15) is 0 Å². The zero-order valence-corrected chi connectivity index (χ0v) is 15.0. The monoisotopic (exact) mass is 343 g/mol. The molecule has 2 aromatic carbocycles. The summed E-state index contributed by atoms with van der Waals surface area (Å²) >= 11 is 0. The van der Waals surface area contributed by atoms with E-state index in [4.69, 9.17) is 19.9 Å². The third-order valence-corrected chi connectivity index (χ3v) is 3.43. The van der Waals surface area contributed by atoms with Crippen LogP contribution in [0.5, 0.6) is 11.5 Å². The Bertz CT molecular complexity index is 695. The van der Waals surface area contributed by atoms with Crippen LogP contribution in [0.3, 0.4) is 0 Å². The summed E-state index contributed by atoms with van der Waals surface area (Å²) in [7, 11) is 0. The average molecular weight is 343 g/mol. The highest BCUT2D eigenvalue weighted by atomic mass is 16.5. The molecule has 0 amide bonds. The summed E-state index contributed by atoms with van der Waals surface area (Å²) < 4.78 is 16.5. The fourth-order valence-electron chi connectivity index (χ4n) is 2.13. The lowest BCUT2D eigenvalue weighted by atomic mass is 10.2. The standard InChI is InChI=1S/C20H25NO4/c1-14(2)25-20(22)16-7-10-18(21)19(13-16)24-12-4-11-23-17-8-5-15(3)6-9-17/h5-10,13-14H,4,11-12,21H2,1-3H3. The van der Waals surface area contributed by atoms with Crippen LogP contribution in [0.25, 0.3) is 0 Å². The molecule has 0 aliphatic rings. The van der Waals surface area contributed by atoms with Crippen molar-refractivity contribution in [2.75, 3.05) is 18.9 Å². The largest absolute Gasteiger partial charge is 0.493 e. The molecule has 0 radical (unpaired) electrons. The van der Waals surface area contributed by atoms with E-state index in [2.05, 4.69) is 0 Å². The fourth-order valence-corrected chi connectivity index (χ4v) is 2.13. The number of aryl methyl sites for hydroxylation is 1. The number of esters is 1. The maximum absolute atomic E-state index is 11.9. The predicted molar refractivity (Wildman–Crippen MR) is 98.2 cm³/mol. The van der Waals surface area contributed by atoms with Gasteiger partial charge in [0.25, 0.3) is 0 Å². The molecule has 0 saturated carbocycles. The van der Waals surface area contributed by atoms with Crippen molar-refractivity contribution in [3.05, 3.63) is 53.6 Å². The van der Waals surface area contributed by atoms with Crippen LogP contribution in [-0.4, -0.2) is 25.3 Å². The zero-order chi connectivity index (χ0) is 18.2. The average Bonchev–Trinajstić information content (AvgIpc) is 2.57. The van der Waals surface area contributed by atoms with Crippen LogP contribution >= 0.6 is 0 Å². The number of hydrogen-bond acceptors (Lipinski definition) is 5. The second kappa shape index (κ2) is 8.97. The summed E-state index contributed by atoms with van der Waals surface area (Å²) in [4.78, 5) is 11.9. The molecule has 134 valence electrons. The topological polar surface area (TPSA) is 70.8 Å². The molecule has 25 heavy (non-hydrogen) atoms. The first kappa shape index (κ1) is 18.6. The Hall–Kier alpha value is -2.69. The maximum atomic E-state index is 11.9. The minimum absolute atomic E-state index is 0.173. The highest BCUT2D eigenvalue weighted by Crippen LogP contribution is 2.23. The summed E-state index contributed by atoms with van der Waals surface area (Å²) in [5.41, 5.74) is 8.01. The Labute approximate surface area is 148 Å². The lowest BCUT2D eigenvalue weighted by molar-refractivity contribution is 0.0377. The molecule has 0 fully saturated rings. The molecule has 5 nitrogen and oxygen atoms in total. The molecular formula is C20H25NO4.